The highest BCUT2D eigenvalue weighted by atomic mass is 32.2. The minimum Gasteiger partial charge on any atom is -0.508 e. The standard InChI is InChI=1S/C41H52N8O13S/c1-21(48(4)36(56)27-18-23-9-7-11-29(51)32(23)41(2,3)47-27)33(35(55)42-20-25-19-30(52)37(62-25)49-14-12-31(53)45-40(49)60)46-34(54)26(13-15-63(5)61)43-39(59)44-28(38(57)58)17-22-8-6-10-24(50)16-22/h6-12,14,16,20-21,26-28,30,33,37,47,50-52H,13,15,17-19H2,1-5H3,(H,42,55)(H,46,54)(H,57,58)(H2,43,44,59)(H,45,53,60)/b25-20-/t21-,26?,27+,28?,30+,33?,37+,63?/m0/s1. The maximum absolute atomic E-state index is 14.2. The van der Waals surface area contributed by atoms with Crippen molar-refractivity contribution in [2.45, 2.75) is 94.5 Å². The van der Waals surface area contributed by atoms with E-state index < -0.39 is 99.9 Å². The first-order valence-electron chi connectivity index (χ1n) is 19.8. The minimum atomic E-state index is -1.57. The molecule has 3 heterocycles. The number of fused-ring (bicyclic) bond motifs is 1. The molecule has 8 atom stereocenters. The highest BCUT2D eigenvalue weighted by molar-refractivity contribution is 7.84. The van der Waals surface area contributed by atoms with Crippen molar-refractivity contribution in [3.63, 3.8) is 0 Å². The molecule has 0 aliphatic carbocycles. The maximum atomic E-state index is 14.2. The van der Waals surface area contributed by atoms with Gasteiger partial charge in [0.25, 0.3) is 5.56 Å². The number of urea groups is 1. The van der Waals surface area contributed by atoms with Crippen LogP contribution in [0.5, 0.6) is 11.5 Å². The maximum Gasteiger partial charge on any atom is 0.331 e. The number of H-pyrrole nitrogens is 1. The van der Waals surface area contributed by atoms with Crippen molar-refractivity contribution in [2.24, 2.45) is 0 Å². The number of aromatic hydroxyl groups is 2. The Kier molecular flexibility index (Phi) is 15.2. The van der Waals surface area contributed by atoms with Crippen molar-refractivity contribution >= 4 is 40.5 Å². The van der Waals surface area contributed by atoms with Crippen LogP contribution < -0.4 is 37.8 Å². The van der Waals surface area contributed by atoms with Gasteiger partial charge in [0, 0.05) is 72.3 Å². The van der Waals surface area contributed by atoms with E-state index in [1.807, 2.05) is 0 Å². The van der Waals surface area contributed by atoms with Gasteiger partial charge >= 0.3 is 17.7 Å². The van der Waals surface area contributed by atoms with Crippen molar-refractivity contribution in [1.29, 1.82) is 0 Å². The second-order valence-electron chi connectivity index (χ2n) is 15.9. The van der Waals surface area contributed by atoms with Crippen molar-refractivity contribution < 1.29 is 53.3 Å². The SMILES string of the molecule is C[C@@H](C(NC(=O)C(CCS(C)=O)NC(=O)NC(Cc1cccc(O)c1)C(=O)O)C(=O)N/C=C1/C[C@@H](O)[C@H](n2ccc(=O)[nH]c2=O)O1)N(C)C(=O)[C@H]1Cc2cccc(O)c2C(C)(C)N1. The summed E-state index contributed by atoms with van der Waals surface area (Å²) in [4.78, 5) is 95.2. The molecule has 2 aliphatic rings. The highest BCUT2D eigenvalue weighted by Gasteiger charge is 2.41. The second-order valence-corrected chi connectivity index (χ2v) is 17.5. The zero-order valence-electron chi connectivity index (χ0n) is 35.1. The van der Waals surface area contributed by atoms with Crippen LogP contribution in [0.4, 0.5) is 4.79 Å². The number of aromatic amines is 1. The van der Waals surface area contributed by atoms with Crippen LogP contribution in [0.15, 0.2) is 76.3 Å². The number of rotatable bonds is 16. The van der Waals surface area contributed by atoms with Crippen molar-refractivity contribution in [2.75, 3.05) is 19.1 Å². The van der Waals surface area contributed by atoms with E-state index in [1.165, 1.54) is 43.3 Å². The Bertz CT molecular complexity index is 2400. The smallest absolute Gasteiger partial charge is 0.331 e. The molecule has 340 valence electrons. The van der Waals surface area contributed by atoms with Gasteiger partial charge in [-0.25, -0.2) is 14.4 Å². The number of likely N-dealkylation sites (N-methyl/N-ethyl adjacent to an activating group) is 1. The number of nitrogens with zero attached hydrogens (tertiary/aromatic N) is 2. The summed E-state index contributed by atoms with van der Waals surface area (Å²) < 4.78 is 18.9. The zero-order chi connectivity index (χ0) is 46.3. The molecule has 1 aromatic heterocycles. The predicted molar refractivity (Wildman–Crippen MR) is 226 cm³/mol. The van der Waals surface area contributed by atoms with Crippen LogP contribution in [0.25, 0.3) is 0 Å². The van der Waals surface area contributed by atoms with Crippen LogP contribution in [0, 0.1) is 0 Å². The molecule has 63 heavy (non-hydrogen) atoms. The number of carboxylic acid groups (broad SMARTS) is 1. The van der Waals surface area contributed by atoms with E-state index in [9.17, 15) is 58.2 Å². The molecule has 22 heteroatoms. The lowest BCUT2D eigenvalue weighted by molar-refractivity contribution is -0.139. The Hall–Kier alpha value is -6.52. The van der Waals surface area contributed by atoms with Crippen molar-refractivity contribution in [1.82, 2.24) is 41.0 Å². The third-order valence-electron chi connectivity index (χ3n) is 10.8. The van der Waals surface area contributed by atoms with Crippen LogP contribution in [0.1, 0.15) is 56.5 Å². The quantitative estimate of drug-likeness (QED) is 0.0834. The van der Waals surface area contributed by atoms with Gasteiger partial charge in [0.1, 0.15) is 41.5 Å². The summed E-state index contributed by atoms with van der Waals surface area (Å²) in [5, 5.41) is 54.1. The van der Waals surface area contributed by atoms with Gasteiger partial charge < -0.3 is 51.3 Å². The number of aliphatic carboxylic acids is 1. The molecule has 1 saturated heterocycles. The summed E-state index contributed by atoms with van der Waals surface area (Å²) in [5.74, 6) is -3.89. The number of phenolic OH excluding ortho intramolecular Hbond substituents is 2. The minimum absolute atomic E-state index is 0.0111. The third kappa shape index (κ3) is 11.9. The van der Waals surface area contributed by atoms with E-state index in [1.54, 1.807) is 38.1 Å². The molecular formula is C41H52N8O13S. The molecule has 2 aromatic carbocycles. The van der Waals surface area contributed by atoms with Crippen molar-refractivity contribution in [3.05, 3.63) is 104 Å². The molecule has 1 fully saturated rings. The fourth-order valence-corrected chi connectivity index (χ4v) is 8.13. The van der Waals surface area contributed by atoms with Crippen LogP contribution >= 0.6 is 0 Å². The Morgan fingerprint density at radius 3 is 2.38 bits per heavy atom. The number of carbonyl (C=O) groups is 5. The summed E-state index contributed by atoms with van der Waals surface area (Å²) in [5.41, 5.74) is -0.635. The predicted octanol–water partition coefficient (Wildman–Crippen LogP) is -0.901. The summed E-state index contributed by atoms with van der Waals surface area (Å²) in [6.07, 6.45) is 0.606. The lowest BCUT2D eigenvalue weighted by Crippen LogP contribution is -2.63. The van der Waals surface area contributed by atoms with Gasteiger partial charge in [-0.3, -0.25) is 38.3 Å². The number of aromatic nitrogens is 2. The molecule has 0 saturated carbocycles. The Balaban J connectivity index is 1.39. The lowest BCUT2D eigenvalue weighted by atomic mass is 9.81. The van der Waals surface area contributed by atoms with Gasteiger partial charge in [0.05, 0.1) is 12.1 Å². The van der Waals surface area contributed by atoms with Gasteiger partial charge in [-0.1, -0.05) is 24.3 Å². The van der Waals surface area contributed by atoms with E-state index >= 15 is 0 Å². The first kappa shape index (κ1) is 47.5. The Labute approximate surface area is 363 Å². The van der Waals surface area contributed by atoms with Crippen LogP contribution in [-0.2, 0) is 53.1 Å². The molecular weight excluding hydrogens is 845 g/mol. The summed E-state index contributed by atoms with van der Waals surface area (Å²) in [6.45, 7) is 5.10. The fourth-order valence-electron chi connectivity index (χ4n) is 7.56. The first-order valence-corrected chi connectivity index (χ1v) is 21.6. The van der Waals surface area contributed by atoms with Gasteiger partial charge in [0.15, 0.2) is 0 Å². The number of amides is 5. The second kappa shape index (κ2) is 20.1. The van der Waals surface area contributed by atoms with Crippen molar-refractivity contribution in [3.8, 4) is 11.5 Å². The Morgan fingerprint density at radius 1 is 1.02 bits per heavy atom. The molecule has 3 aromatic rings. The lowest BCUT2D eigenvalue weighted by Gasteiger charge is -2.41. The molecule has 5 rings (SSSR count). The monoisotopic (exact) mass is 896 g/mol. The number of carbonyl (C=O) groups excluding carboxylic acids is 4. The number of hydrogen-bond acceptors (Lipinski definition) is 13. The van der Waals surface area contributed by atoms with Gasteiger partial charge in [-0.2, -0.15) is 0 Å². The molecule has 10 N–H and O–H groups in total. The number of aliphatic hydroxyl groups excluding tert-OH is 1. The molecule has 0 bridgehead atoms. The molecule has 0 spiro atoms. The number of carboxylic acids is 1. The van der Waals surface area contributed by atoms with Crippen LogP contribution in [0.3, 0.4) is 0 Å². The molecule has 4 unspecified atom stereocenters. The van der Waals surface area contributed by atoms with E-state index in [0.717, 1.165) is 28.6 Å². The van der Waals surface area contributed by atoms with E-state index in [4.69, 9.17) is 4.74 Å². The summed E-state index contributed by atoms with van der Waals surface area (Å²) >= 11 is 0. The largest absolute Gasteiger partial charge is 0.508 e. The number of phenols is 2. The number of nitrogens with one attached hydrogen (secondary N) is 6. The highest BCUT2D eigenvalue weighted by Crippen LogP contribution is 2.37. The fraction of sp³-hybridized carbons (Fsp3) is 0.439. The van der Waals surface area contributed by atoms with Crippen LogP contribution in [-0.4, -0.2) is 124 Å². The average Bonchev–Trinajstić information content (AvgIpc) is 3.58. The number of ether oxygens (including phenoxy) is 1. The number of hydrogen-bond donors (Lipinski definition) is 10. The van der Waals surface area contributed by atoms with E-state index in [-0.39, 0.29) is 48.7 Å². The third-order valence-corrected chi connectivity index (χ3v) is 11.6. The van der Waals surface area contributed by atoms with Gasteiger partial charge in [0.2, 0.25) is 23.9 Å². The average molecular weight is 897 g/mol. The van der Waals surface area contributed by atoms with E-state index in [0.29, 0.717) is 11.1 Å². The first-order chi connectivity index (χ1) is 29.6. The molecule has 0 radical (unpaired) electrons. The van der Waals surface area contributed by atoms with E-state index in [2.05, 4.69) is 31.6 Å². The zero-order valence-corrected chi connectivity index (χ0v) is 35.9. The van der Waals surface area contributed by atoms with Gasteiger partial charge in [-0.15, -0.1) is 0 Å². The summed E-state index contributed by atoms with van der Waals surface area (Å²) in [6, 6.07) is 4.23. The van der Waals surface area contributed by atoms with Gasteiger partial charge in [-0.05, 0) is 62.9 Å². The normalized spacial score (nSPS) is 20.7. The topological polar surface area (TPSA) is 311 Å². The molecule has 5 amide bonds. The molecule has 2 aliphatic heterocycles. The number of benzene rings is 2. The summed E-state index contributed by atoms with van der Waals surface area (Å²) in [7, 11) is -0.0413. The Morgan fingerprint density at radius 2 is 1.71 bits per heavy atom. The number of aliphatic hydroxyl groups is 1. The molecule has 21 nitrogen and oxygen atoms in total. The van der Waals surface area contributed by atoms with Crippen LogP contribution in [0.2, 0.25) is 0 Å².